The number of fused-ring (bicyclic) bond motifs is 1. The van der Waals surface area contributed by atoms with Gasteiger partial charge in [-0.1, -0.05) is 60.7 Å². The fraction of sp³-hybridized carbons (Fsp3) is 0. The second-order valence-electron chi connectivity index (χ2n) is 4.39. The minimum atomic E-state index is 0.991. The van der Waals surface area contributed by atoms with E-state index in [9.17, 15) is 0 Å². The van der Waals surface area contributed by atoms with Crippen LogP contribution in [0.5, 0.6) is 0 Å². The minimum absolute atomic E-state index is 0.991. The van der Waals surface area contributed by atoms with Crippen molar-refractivity contribution in [3.05, 3.63) is 84.2 Å². The summed E-state index contributed by atoms with van der Waals surface area (Å²) >= 11 is 0. The van der Waals surface area contributed by atoms with Gasteiger partial charge >= 0.3 is 0 Å². The number of hydrogen-bond donors (Lipinski definition) is 0. The van der Waals surface area contributed by atoms with Crippen LogP contribution in [-0.2, 0) is 0 Å². The van der Waals surface area contributed by atoms with Gasteiger partial charge in [-0.25, -0.2) is 0 Å². The molecular weight excluding hydrogens is 244 g/mol. The van der Waals surface area contributed by atoms with Crippen molar-refractivity contribution < 1.29 is 0 Å². The highest BCUT2D eigenvalue weighted by molar-refractivity contribution is 5.88. The Morgan fingerprint density at radius 1 is 0.500 bits per heavy atom. The highest BCUT2D eigenvalue weighted by Crippen LogP contribution is 2.19. The lowest BCUT2D eigenvalue weighted by Gasteiger charge is -1.98. The van der Waals surface area contributed by atoms with E-state index in [1.54, 1.807) is 12.4 Å². The maximum absolute atomic E-state index is 4.02. The van der Waals surface area contributed by atoms with Gasteiger partial charge in [0.05, 0.1) is 11.4 Å². The third-order valence-electron chi connectivity index (χ3n) is 3.04. The zero-order chi connectivity index (χ0) is 13.6. The molecule has 4 rings (SSSR count). The standard InChI is InChI=1S/C12H10.C6H4N2/c1-3-7-11(8-4-1)12-9-5-2-6-10-12;1-3-7-6-2-4-8-5(1)6/h1-10H;1-4H. The van der Waals surface area contributed by atoms with E-state index in [1.807, 2.05) is 24.3 Å². The summed E-state index contributed by atoms with van der Waals surface area (Å²) in [5.74, 6) is 0. The van der Waals surface area contributed by atoms with Crippen LogP contribution in [0, 0.1) is 0 Å². The van der Waals surface area contributed by atoms with E-state index in [2.05, 4.69) is 58.5 Å². The van der Waals surface area contributed by atoms with E-state index in [0.29, 0.717) is 0 Å². The van der Waals surface area contributed by atoms with Crippen molar-refractivity contribution in [2.45, 2.75) is 0 Å². The van der Waals surface area contributed by atoms with Crippen LogP contribution in [0.2, 0.25) is 0 Å². The average molecular weight is 258 g/mol. The molecule has 0 fully saturated rings. The van der Waals surface area contributed by atoms with E-state index in [0.717, 1.165) is 11.4 Å². The highest BCUT2D eigenvalue weighted by Gasteiger charge is 2.07. The van der Waals surface area contributed by atoms with E-state index in [-0.39, 0.29) is 0 Å². The van der Waals surface area contributed by atoms with E-state index >= 15 is 0 Å². The smallest absolute Gasteiger partial charge is 0.0901 e. The number of nitrogens with zero attached hydrogens (tertiary/aromatic N) is 2. The maximum atomic E-state index is 4.02. The third-order valence-corrected chi connectivity index (χ3v) is 3.04. The van der Waals surface area contributed by atoms with Gasteiger partial charge in [-0.15, -0.1) is 0 Å². The molecule has 2 heterocycles. The lowest BCUT2D eigenvalue weighted by molar-refractivity contribution is 1.33. The highest BCUT2D eigenvalue weighted by atomic mass is 14.9. The summed E-state index contributed by atoms with van der Waals surface area (Å²) in [6.45, 7) is 0. The van der Waals surface area contributed by atoms with Crippen molar-refractivity contribution in [2.75, 3.05) is 0 Å². The van der Waals surface area contributed by atoms with Gasteiger partial charge in [0.2, 0.25) is 0 Å². The Kier molecular flexibility index (Phi) is 3.65. The van der Waals surface area contributed by atoms with Crippen molar-refractivity contribution in [3.63, 3.8) is 0 Å². The summed E-state index contributed by atoms with van der Waals surface area (Å²) in [6.07, 6.45) is 7.32. The molecule has 2 aromatic rings. The van der Waals surface area contributed by atoms with Crippen molar-refractivity contribution in [2.24, 2.45) is 9.98 Å². The van der Waals surface area contributed by atoms with Gasteiger partial charge < -0.3 is 0 Å². The molecule has 2 aliphatic heterocycles. The van der Waals surface area contributed by atoms with E-state index in [4.69, 9.17) is 0 Å². The molecule has 0 amide bonds. The molecule has 0 aromatic heterocycles. The average Bonchev–Trinajstić information content (AvgIpc) is 3.14. The first-order valence-electron chi connectivity index (χ1n) is 6.53. The minimum Gasteiger partial charge on any atom is -0.254 e. The van der Waals surface area contributed by atoms with E-state index < -0.39 is 0 Å². The molecule has 2 heteroatoms. The Hall–Kier alpha value is -2.74. The molecule has 20 heavy (non-hydrogen) atoms. The molecule has 96 valence electrons. The number of aliphatic imine (C=N–C) groups is 2. The molecule has 0 bridgehead atoms. The number of rotatable bonds is 1. The molecule has 2 nitrogen and oxygen atoms in total. The fourth-order valence-corrected chi connectivity index (χ4v) is 2.03. The van der Waals surface area contributed by atoms with Crippen molar-refractivity contribution >= 4 is 12.4 Å². The second kappa shape index (κ2) is 5.93. The number of hydrogen-bond acceptors (Lipinski definition) is 2. The predicted molar refractivity (Wildman–Crippen MR) is 85.0 cm³/mol. The Balaban J connectivity index is 0.000000131. The lowest BCUT2D eigenvalue weighted by Crippen LogP contribution is -1.73. The summed E-state index contributed by atoms with van der Waals surface area (Å²) in [6, 6.07) is 20.8. The maximum Gasteiger partial charge on any atom is 0.0901 e. The first-order valence-corrected chi connectivity index (χ1v) is 6.53. The normalized spacial score (nSPS) is 14.2. The Bertz CT molecular complexity index is 629. The van der Waals surface area contributed by atoms with Crippen LogP contribution in [0.25, 0.3) is 11.1 Å². The van der Waals surface area contributed by atoms with Crippen LogP contribution in [0.15, 0.2) is 94.2 Å². The summed E-state index contributed by atoms with van der Waals surface area (Å²) in [4.78, 5) is 8.03. The van der Waals surface area contributed by atoms with Gasteiger partial charge in [-0.2, -0.15) is 0 Å². The summed E-state index contributed by atoms with van der Waals surface area (Å²) in [5.41, 5.74) is 4.53. The zero-order valence-electron chi connectivity index (χ0n) is 11.0. The summed E-state index contributed by atoms with van der Waals surface area (Å²) in [7, 11) is 0. The van der Waals surface area contributed by atoms with Crippen LogP contribution >= 0.6 is 0 Å². The Morgan fingerprint density at radius 3 is 1.30 bits per heavy atom. The van der Waals surface area contributed by atoms with Crippen LogP contribution in [-0.4, -0.2) is 12.4 Å². The van der Waals surface area contributed by atoms with Gasteiger partial charge in [0.1, 0.15) is 0 Å². The molecule has 0 radical (unpaired) electrons. The molecule has 0 aliphatic carbocycles. The quantitative estimate of drug-likeness (QED) is 0.729. The van der Waals surface area contributed by atoms with Crippen molar-refractivity contribution in [1.82, 2.24) is 0 Å². The lowest BCUT2D eigenvalue weighted by atomic mass is 10.1. The van der Waals surface area contributed by atoms with Gasteiger partial charge in [-0.3, -0.25) is 9.98 Å². The van der Waals surface area contributed by atoms with Crippen LogP contribution in [0.4, 0.5) is 0 Å². The molecule has 2 aromatic carbocycles. The SMILES string of the molecule is C1=NC2=CC=NC2=C1.c1ccc(-c2ccccc2)cc1. The van der Waals surface area contributed by atoms with Gasteiger partial charge in [0, 0.05) is 12.4 Å². The van der Waals surface area contributed by atoms with Crippen molar-refractivity contribution in [1.29, 1.82) is 0 Å². The predicted octanol–water partition coefficient (Wildman–Crippen LogP) is 4.28. The number of benzene rings is 2. The topological polar surface area (TPSA) is 24.7 Å². The van der Waals surface area contributed by atoms with Crippen LogP contribution in [0.3, 0.4) is 0 Å². The van der Waals surface area contributed by atoms with Crippen molar-refractivity contribution in [3.8, 4) is 11.1 Å². The first kappa shape index (κ1) is 12.3. The molecule has 0 unspecified atom stereocenters. The Labute approximate surface area is 118 Å². The summed E-state index contributed by atoms with van der Waals surface area (Å²) in [5, 5.41) is 0. The molecule has 0 atom stereocenters. The number of allylic oxidation sites excluding steroid dienone is 2. The van der Waals surface area contributed by atoms with Gasteiger partial charge in [0.25, 0.3) is 0 Å². The fourth-order valence-electron chi connectivity index (χ4n) is 2.03. The molecule has 0 saturated heterocycles. The monoisotopic (exact) mass is 258 g/mol. The van der Waals surface area contributed by atoms with E-state index in [1.165, 1.54) is 11.1 Å². The third kappa shape index (κ3) is 2.81. The second-order valence-corrected chi connectivity index (χ2v) is 4.39. The molecular formula is C18H14N2. The molecule has 0 saturated carbocycles. The van der Waals surface area contributed by atoms with Gasteiger partial charge in [0.15, 0.2) is 0 Å². The zero-order valence-corrected chi connectivity index (χ0v) is 11.0. The molecule has 2 aliphatic rings. The molecule has 0 N–H and O–H groups in total. The summed E-state index contributed by atoms with van der Waals surface area (Å²) < 4.78 is 0. The molecule has 0 spiro atoms. The first-order chi connectivity index (χ1) is 9.93. The largest absolute Gasteiger partial charge is 0.254 e. The van der Waals surface area contributed by atoms with Crippen LogP contribution in [0.1, 0.15) is 0 Å². The Morgan fingerprint density at radius 2 is 0.900 bits per heavy atom. The van der Waals surface area contributed by atoms with Crippen LogP contribution < -0.4 is 0 Å². The van der Waals surface area contributed by atoms with Gasteiger partial charge in [-0.05, 0) is 23.3 Å².